The fraction of sp³-hybridized carbons (Fsp3) is 0.615. The summed E-state index contributed by atoms with van der Waals surface area (Å²) in [6.45, 7) is 9.16. The number of nitrogens with zero attached hydrogens (tertiary/aromatic N) is 2. The quantitative estimate of drug-likeness (QED) is 0.442. The van der Waals surface area contributed by atoms with Crippen LogP contribution in [0.1, 0.15) is 36.1 Å². The third-order valence-electron chi connectivity index (χ3n) is 2.37. The first-order valence-corrected chi connectivity index (χ1v) is 7.38. The Hall–Kier alpha value is -1.63. The van der Waals surface area contributed by atoms with E-state index >= 15 is 0 Å². The Morgan fingerprint density at radius 2 is 2.00 bits per heavy atom. The van der Waals surface area contributed by atoms with Crippen molar-refractivity contribution in [2.24, 2.45) is 4.99 Å². The van der Waals surface area contributed by atoms with Crippen LogP contribution in [0.2, 0.25) is 0 Å². The first-order valence-electron chi connectivity index (χ1n) is 6.50. The van der Waals surface area contributed by atoms with E-state index in [-0.39, 0.29) is 11.4 Å². The van der Waals surface area contributed by atoms with E-state index < -0.39 is 0 Å². The SMILES string of the molecule is CN=C(NCCNC(=O)c1scnc1C)NC(C)(C)C. The lowest BCUT2D eigenvalue weighted by molar-refractivity contribution is 0.0957. The van der Waals surface area contributed by atoms with Gasteiger partial charge in [0, 0.05) is 25.7 Å². The molecule has 1 aromatic rings. The zero-order valence-corrected chi connectivity index (χ0v) is 13.5. The molecule has 1 heterocycles. The minimum Gasteiger partial charge on any atom is -0.355 e. The van der Waals surface area contributed by atoms with Gasteiger partial charge in [-0.25, -0.2) is 4.98 Å². The predicted molar refractivity (Wildman–Crippen MR) is 83.4 cm³/mol. The van der Waals surface area contributed by atoms with E-state index in [4.69, 9.17) is 0 Å². The molecule has 0 fully saturated rings. The highest BCUT2D eigenvalue weighted by atomic mass is 32.1. The Bertz CT molecular complexity index is 475. The van der Waals surface area contributed by atoms with Crippen LogP contribution in [0.15, 0.2) is 10.5 Å². The standard InChI is InChI=1S/C13H23N5OS/c1-9-10(20-8-17-9)11(19)15-6-7-16-12(14-5)18-13(2,3)4/h8H,6-7H2,1-5H3,(H,15,19)(H2,14,16,18). The zero-order valence-electron chi connectivity index (χ0n) is 12.7. The van der Waals surface area contributed by atoms with E-state index in [0.29, 0.717) is 18.0 Å². The number of guanidine groups is 1. The molecule has 7 heteroatoms. The molecule has 0 radical (unpaired) electrons. The summed E-state index contributed by atoms with van der Waals surface area (Å²) >= 11 is 1.35. The Morgan fingerprint density at radius 1 is 1.35 bits per heavy atom. The number of amides is 1. The number of aryl methyl sites for hydroxylation is 1. The molecule has 0 aromatic carbocycles. The van der Waals surface area contributed by atoms with Crippen LogP contribution < -0.4 is 16.0 Å². The molecular weight excluding hydrogens is 274 g/mol. The van der Waals surface area contributed by atoms with Crippen molar-refractivity contribution in [1.82, 2.24) is 20.9 Å². The van der Waals surface area contributed by atoms with Crippen LogP contribution in [0, 0.1) is 6.92 Å². The number of rotatable bonds is 4. The average Bonchev–Trinajstić information content (AvgIpc) is 2.77. The summed E-state index contributed by atoms with van der Waals surface area (Å²) in [5.74, 6) is 0.645. The number of carbonyl (C=O) groups is 1. The Labute approximate surface area is 124 Å². The fourth-order valence-electron chi connectivity index (χ4n) is 1.49. The van der Waals surface area contributed by atoms with Crippen molar-refractivity contribution in [3.8, 4) is 0 Å². The molecule has 0 atom stereocenters. The molecule has 0 saturated carbocycles. The van der Waals surface area contributed by atoms with Crippen molar-refractivity contribution >= 4 is 23.2 Å². The monoisotopic (exact) mass is 297 g/mol. The molecule has 1 aromatic heterocycles. The minimum atomic E-state index is -0.0782. The van der Waals surface area contributed by atoms with Crippen molar-refractivity contribution in [3.05, 3.63) is 16.1 Å². The topological polar surface area (TPSA) is 78.4 Å². The number of carbonyl (C=O) groups excluding carboxylic acids is 1. The van der Waals surface area contributed by atoms with Crippen LogP contribution in [0.3, 0.4) is 0 Å². The lowest BCUT2D eigenvalue weighted by Crippen LogP contribution is -2.49. The van der Waals surface area contributed by atoms with Crippen molar-refractivity contribution in [3.63, 3.8) is 0 Å². The Morgan fingerprint density at radius 3 is 2.50 bits per heavy atom. The van der Waals surface area contributed by atoms with Gasteiger partial charge in [-0.1, -0.05) is 0 Å². The van der Waals surface area contributed by atoms with Crippen molar-refractivity contribution in [2.75, 3.05) is 20.1 Å². The molecule has 1 amide bonds. The average molecular weight is 297 g/mol. The van der Waals surface area contributed by atoms with Crippen LogP contribution in [-0.2, 0) is 0 Å². The van der Waals surface area contributed by atoms with Crippen molar-refractivity contribution in [1.29, 1.82) is 0 Å². The van der Waals surface area contributed by atoms with Crippen LogP contribution in [-0.4, -0.2) is 42.5 Å². The number of thiazole rings is 1. The van der Waals surface area contributed by atoms with Gasteiger partial charge in [0.2, 0.25) is 0 Å². The summed E-state index contributed by atoms with van der Waals surface area (Å²) in [5, 5.41) is 9.26. The van der Waals surface area contributed by atoms with Gasteiger partial charge in [-0.15, -0.1) is 11.3 Å². The highest BCUT2D eigenvalue weighted by Crippen LogP contribution is 2.11. The molecular formula is C13H23N5OS. The second-order valence-corrected chi connectivity index (χ2v) is 6.25. The first kappa shape index (κ1) is 16.4. The van der Waals surface area contributed by atoms with Gasteiger partial charge in [-0.3, -0.25) is 9.79 Å². The third kappa shape index (κ3) is 5.56. The highest BCUT2D eigenvalue weighted by Gasteiger charge is 2.12. The van der Waals surface area contributed by atoms with E-state index in [1.165, 1.54) is 11.3 Å². The van der Waals surface area contributed by atoms with Crippen molar-refractivity contribution < 1.29 is 4.79 Å². The molecule has 6 nitrogen and oxygen atoms in total. The normalized spacial score (nSPS) is 12.2. The molecule has 0 bridgehead atoms. The van der Waals surface area contributed by atoms with E-state index in [0.717, 1.165) is 11.7 Å². The summed E-state index contributed by atoms with van der Waals surface area (Å²) < 4.78 is 0. The van der Waals surface area contributed by atoms with E-state index in [2.05, 4.69) is 46.7 Å². The summed E-state index contributed by atoms with van der Waals surface area (Å²) in [6.07, 6.45) is 0. The van der Waals surface area contributed by atoms with Crippen LogP contribution in [0.4, 0.5) is 0 Å². The molecule has 0 unspecified atom stereocenters. The molecule has 0 aliphatic carbocycles. The van der Waals surface area contributed by atoms with Gasteiger partial charge in [0.15, 0.2) is 5.96 Å². The summed E-state index contributed by atoms with van der Waals surface area (Å²) in [7, 11) is 1.72. The van der Waals surface area contributed by atoms with Crippen LogP contribution >= 0.6 is 11.3 Å². The summed E-state index contributed by atoms with van der Waals surface area (Å²) in [6, 6.07) is 0. The molecule has 112 valence electrons. The molecule has 0 saturated heterocycles. The fourth-order valence-corrected chi connectivity index (χ4v) is 2.21. The maximum absolute atomic E-state index is 11.9. The van der Waals surface area contributed by atoms with Crippen LogP contribution in [0.5, 0.6) is 0 Å². The van der Waals surface area contributed by atoms with Gasteiger partial charge in [-0.05, 0) is 27.7 Å². The number of hydrogen-bond acceptors (Lipinski definition) is 4. The summed E-state index contributed by atoms with van der Waals surface area (Å²) in [5.41, 5.74) is 2.40. The second-order valence-electron chi connectivity index (χ2n) is 5.40. The van der Waals surface area contributed by atoms with Crippen molar-refractivity contribution in [2.45, 2.75) is 33.2 Å². The lowest BCUT2D eigenvalue weighted by atomic mass is 10.1. The van der Waals surface area contributed by atoms with Gasteiger partial charge in [0.25, 0.3) is 5.91 Å². The Balaban J connectivity index is 2.31. The largest absolute Gasteiger partial charge is 0.355 e. The van der Waals surface area contributed by atoms with Gasteiger partial charge in [0.1, 0.15) is 4.88 Å². The van der Waals surface area contributed by atoms with Gasteiger partial charge in [0.05, 0.1) is 11.2 Å². The molecule has 0 aliphatic rings. The number of aromatic nitrogens is 1. The first-order chi connectivity index (χ1) is 9.33. The summed E-state index contributed by atoms with van der Waals surface area (Å²) in [4.78, 5) is 20.7. The number of nitrogens with one attached hydrogen (secondary N) is 3. The third-order valence-corrected chi connectivity index (χ3v) is 3.30. The highest BCUT2D eigenvalue weighted by molar-refractivity contribution is 7.11. The smallest absolute Gasteiger partial charge is 0.263 e. The maximum atomic E-state index is 11.9. The molecule has 20 heavy (non-hydrogen) atoms. The second kappa shape index (κ2) is 7.23. The van der Waals surface area contributed by atoms with Crippen LogP contribution in [0.25, 0.3) is 0 Å². The maximum Gasteiger partial charge on any atom is 0.263 e. The van der Waals surface area contributed by atoms with Gasteiger partial charge < -0.3 is 16.0 Å². The molecule has 1 rings (SSSR count). The Kier molecular flexibility index (Phi) is 5.94. The molecule has 0 spiro atoms. The minimum absolute atomic E-state index is 0.0508. The lowest BCUT2D eigenvalue weighted by Gasteiger charge is -2.23. The molecule has 0 aliphatic heterocycles. The van der Waals surface area contributed by atoms with E-state index in [9.17, 15) is 4.79 Å². The zero-order chi connectivity index (χ0) is 15.2. The molecule has 3 N–H and O–H groups in total. The number of hydrogen-bond donors (Lipinski definition) is 3. The van der Waals surface area contributed by atoms with Gasteiger partial charge in [-0.2, -0.15) is 0 Å². The van der Waals surface area contributed by atoms with E-state index in [1.54, 1.807) is 12.6 Å². The van der Waals surface area contributed by atoms with E-state index in [1.807, 2.05) is 6.92 Å². The predicted octanol–water partition coefficient (Wildman–Crippen LogP) is 1.14. The van der Waals surface area contributed by atoms with Gasteiger partial charge >= 0.3 is 0 Å². The number of aliphatic imine (C=N–C) groups is 1.